The molecule has 2 heterocycles. The second-order valence-electron chi connectivity index (χ2n) is 5.09. The monoisotopic (exact) mass is 296 g/mol. The fourth-order valence-corrected chi connectivity index (χ4v) is 2.72. The minimum Gasteiger partial charge on any atom is -0.359 e. The molecular formula is C14H21ClN4O. The molecule has 0 bridgehead atoms. The van der Waals surface area contributed by atoms with Crippen molar-refractivity contribution in [2.24, 2.45) is 5.92 Å². The maximum atomic E-state index is 11.6. The van der Waals surface area contributed by atoms with E-state index < -0.39 is 0 Å². The molecule has 0 aliphatic carbocycles. The first-order valence-electron chi connectivity index (χ1n) is 7.14. The average molecular weight is 297 g/mol. The Kier molecular flexibility index (Phi) is 5.17. The summed E-state index contributed by atoms with van der Waals surface area (Å²) >= 11 is 6.06. The summed E-state index contributed by atoms with van der Waals surface area (Å²) in [5.74, 6) is 1.92. The Bertz CT molecular complexity index is 472. The van der Waals surface area contributed by atoms with E-state index in [0.717, 1.165) is 50.4 Å². The van der Waals surface area contributed by atoms with Gasteiger partial charge >= 0.3 is 0 Å². The van der Waals surface area contributed by atoms with E-state index in [1.165, 1.54) is 0 Å². The predicted molar refractivity (Wildman–Crippen MR) is 80.0 cm³/mol. The number of carbonyl (C=O) groups is 1. The lowest BCUT2D eigenvalue weighted by Gasteiger charge is -2.32. The minimum absolute atomic E-state index is 0.115. The lowest BCUT2D eigenvalue weighted by Crippen LogP contribution is -2.40. The predicted octanol–water partition coefficient (Wildman–Crippen LogP) is 2.04. The Morgan fingerprint density at radius 1 is 1.45 bits per heavy atom. The van der Waals surface area contributed by atoms with E-state index >= 15 is 0 Å². The fourth-order valence-electron chi connectivity index (χ4n) is 2.52. The molecule has 0 atom stereocenters. The third-order valence-corrected chi connectivity index (χ3v) is 3.83. The molecule has 0 radical (unpaired) electrons. The smallest absolute Gasteiger partial charge is 0.222 e. The third-order valence-electron chi connectivity index (χ3n) is 3.64. The SMILES string of the molecule is CCCc1nc(Cl)cc(N2CCC(C(=O)NC)CC2)n1. The van der Waals surface area contributed by atoms with Crippen molar-refractivity contribution >= 4 is 23.3 Å². The Hall–Kier alpha value is -1.36. The zero-order valence-corrected chi connectivity index (χ0v) is 12.8. The van der Waals surface area contributed by atoms with E-state index in [0.29, 0.717) is 5.15 Å². The molecule has 1 aromatic heterocycles. The molecule has 0 spiro atoms. The summed E-state index contributed by atoms with van der Waals surface area (Å²) in [6.07, 6.45) is 3.54. The average Bonchev–Trinajstić information content (AvgIpc) is 2.46. The van der Waals surface area contributed by atoms with Gasteiger partial charge in [-0.3, -0.25) is 4.79 Å². The van der Waals surface area contributed by atoms with Crippen LogP contribution in [0.25, 0.3) is 0 Å². The largest absolute Gasteiger partial charge is 0.359 e. The number of carbonyl (C=O) groups excluding carboxylic acids is 1. The molecule has 1 amide bonds. The highest BCUT2D eigenvalue weighted by Crippen LogP contribution is 2.23. The van der Waals surface area contributed by atoms with Crippen LogP contribution in [-0.4, -0.2) is 36.0 Å². The van der Waals surface area contributed by atoms with Crippen molar-refractivity contribution < 1.29 is 4.79 Å². The number of piperidine rings is 1. The van der Waals surface area contributed by atoms with E-state index in [1.54, 1.807) is 13.1 Å². The molecule has 5 nitrogen and oxygen atoms in total. The topological polar surface area (TPSA) is 58.1 Å². The zero-order valence-electron chi connectivity index (χ0n) is 12.0. The van der Waals surface area contributed by atoms with Crippen LogP contribution in [-0.2, 0) is 11.2 Å². The Balaban J connectivity index is 2.04. The van der Waals surface area contributed by atoms with Gasteiger partial charge in [-0.2, -0.15) is 0 Å². The second-order valence-corrected chi connectivity index (χ2v) is 5.48. The van der Waals surface area contributed by atoms with E-state index in [4.69, 9.17) is 11.6 Å². The van der Waals surface area contributed by atoms with Gasteiger partial charge in [0.1, 0.15) is 16.8 Å². The van der Waals surface area contributed by atoms with Gasteiger partial charge in [-0.25, -0.2) is 9.97 Å². The van der Waals surface area contributed by atoms with E-state index in [9.17, 15) is 4.79 Å². The highest BCUT2D eigenvalue weighted by atomic mass is 35.5. The number of nitrogens with zero attached hydrogens (tertiary/aromatic N) is 3. The zero-order chi connectivity index (χ0) is 14.5. The standard InChI is InChI=1S/C14H21ClN4O/c1-3-4-12-17-11(15)9-13(18-12)19-7-5-10(6-8-19)14(20)16-2/h9-10H,3-8H2,1-2H3,(H,16,20). The van der Waals surface area contributed by atoms with Crippen molar-refractivity contribution in [1.29, 1.82) is 0 Å². The molecule has 1 aliphatic rings. The first-order valence-corrected chi connectivity index (χ1v) is 7.51. The molecular weight excluding hydrogens is 276 g/mol. The lowest BCUT2D eigenvalue weighted by atomic mass is 9.96. The van der Waals surface area contributed by atoms with Gasteiger partial charge in [0, 0.05) is 38.5 Å². The van der Waals surface area contributed by atoms with Crippen LogP contribution >= 0.6 is 11.6 Å². The summed E-state index contributed by atoms with van der Waals surface area (Å²) in [7, 11) is 1.69. The molecule has 2 rings (SSSR count). The second kappa shape index (κ2) is 6.88. The summed E-state index contributed by atoms with van der Waals surface area (Å²) in [6.45, 7) is 3.76. The summed E-state index contributed by atoms with van der Waals surface area (Å²) in [5.41, 5.74) is 0. The molecule has 6 heteroatoms. The fraction of sp³-hybridized carbons (Fsp3) is 0.643. The van der Waals surface area contributed by atoms with Gasteiger partial charge in [0.25, 0.3) is 0 Å². The van der Waals surface area contributed by atoms with Crippen LogP contribution in [0.1, 0.15) is 32.0 Å². The number of halogens is 1. The van der Waals surface area contributed by atoms with E-state index in [2.05, 4.69) is 27.1 Å². The van der Waals surface area contributed by atoms with E-state index in [1.807, 2.05) is 0 Å². The minimum atomic E-state index is 0.115. The number of anilines is 1. The molecule has 20 heavy (non-hydrogen) atoms. The normalized spacial score (nSPS) is 16.2. The van der Waals surface area contributed by atoms with Crippen molar-refractivity contribution in [3.05, 3.63) is 17.0 Å². The first-order chi connectivity index (χ1) is 9.63. The van der Waals surface area contributed by atoms with Crippen LogP contribution in [0.15, 0.2) is 6.07 Å². The van der Waals surface area contributed by atoms with Crippen LogP contribution in [0.2, 0.25) is 5.15 Å². The molecule has 1 aliphatic heterocycles. The van der Waals surface area contributed by atoms with Gasteiger partial charge < -0.3 is 10.2 Å². The molecule has 1 aromatic rings. The van der Waals surface area contributed by atoms with Crippen molar-refractivity contribution in [2.45, 2.75) is 32.6 Å². The summed E-state index contributed by atoms with van der Waals surface area (Å²) in [5, 5.41) is 3.21. The number of aromatic nitrogens is 2. The summed E-state index contributed by atoms with van der Waals surface area (Å²) in [6, 6.07) is 1.81. The number of aryl methyl sites for hydroxylation is 1. The molecule has 0 unspecified atom stereocenters. The van der Waals surface area contributed by atoms with Crippen LogP contribution < -0.4 is 10.2 Å². The molecule has 1 N–H and O–H groups in total. The van der Waals surface area contributed by atoms with Crippen molar-refractivity contribution in [2.75, 3.05) is 25.0 Å². The maximum Gasteiger partial charge on any atom is 0.222 e. The van der Waals surface area contributed by atoms with Crippen LogP contribution in [0.3, 0.4) is 0 Å². The van der Waals surface area contributed by atoms with E-state index in [-0.39, 0.29) is 11.8 Å². The lowest BCUT2D eigenvalue weighted by molar-refractivity contribution is -0.125. The van der Waals surface area contributed by atoms with Crippen molar-refractivity contribution in [1.82, 2.24) is 15.3 Å². The maximum absolute atomic E-state index is 11.6. The summed E-state index contributed by atoms with van der Waals surface area (Å²) < 4.78 is 0. The third kappa shape index (κ3) is 3.60. The van der Waals surface area contributed by atoms with Crippen LogP contribution in [0.5, 0.6) is 0 Å². The first kappa shape index (κ1) is 15.0. The van der Waals surface area contributed by atoms with Crippen LogP contribution in [0, 0.1) is 5.92 Å². The number of rotatable bonds is 4. The number of amides is 1. The van der Waals surface area contributed by atoms with Crippen molar-refractivity contribution in [3.8, 4) is 0 Å². The Morgan fingerprint density at radius 3 is 2.75 bits per heavy atom. The number of hydrogen-bond acceptors (Lipinski definition) is 4. The molecule has 110 valence electrons. The quantitative estimate of drug-likeness (QED) is 0.864. The molecule has 0 aromatic carbocycles. The molecule has 1 fully saturated rings. The highest BCUT2D eigenvalue weighted by molar-refractivity contribution is 6.29. The van der Waals surface area contributed by atoms with Gasteiger partial charge in [-0.15, -0.1) is 0 Å². The highest BCUT2D eigenvalue weighted by Gasteiger charge is 2.25. The molecule has 0 saturated carbocycles. The number of nitrogens with one attached hydrogen (secondary N) is 1. The summed E-state index contributed by atoms with van der Waals surface area (Å²) in [4.78, 5) is 22.6. The Morgan fingerprint density at radius 2 is 2.15 bits per heavy atom. The van der Waals surface area contributed by atoms with Gasteiger partial charge in [-0.1, -0.05) is 18.5 Å². The Labute approximate surface area is 124 Å². The van der Waals surface area contributed by atoms with Crippen LogP contribution in [0.4, 0.5) is 5.82 Å². The van der Waals surface area contributed by atoms with Gasteiger partial charge in [0.05, 0.1) is 0 Å². The van der Waals surface area contributed by atoms with Crippen molar-refractivity contribution in [3.63, 3.8) is 0 Å². The van der Waals surface area contributed by atoms with Gasteiger partial charge in [-0.05, 0) is 19.3 Å². The number of hydrogen-bond donors (Lipinski definition) is 1. The van der Waals surface area contributed by atoms with Gasteiger partial charge in [0.2, 0.25) is 5.91 Å². The molecule has 1 saturated heterocycles. The van der Waals surface area contributed by atoms with Gasteiger partial charge in [0.15, 0.2) is 0 Å².